The molecule has 0 fully saturated rings. The molecule has 9 heteroatoms. The van der Waals surface area contributed by atoms with Gasteiger partial charge in [0.05, 0.1) is 16.8 Å². The first-order chi connectivity index (χ1) is 15.5. The van der Waals surface area contributed by atoms with Crippen molar-refractivity contribution >= 4 is 33.6 Å². The second-order valence-electron chi connectivity index (χ2n) is 6.71. The van der Waals surface area contributed by atoms with Crippen LogP contribution in [0.4, 0.5) is 11.5 Å². The molecule has 158 valence electrons. The molecule has 0 aliphatic heterocycles. The third-order valence-corrected chi connectivity index (χ3v) is 5.03. The van der Waals surface area contributed by atoms with E-state index in [1.54, 1.807) is 6.07 Å². The Labute approximate surface area is 191 Å². The lowest BCUT2D eigenvalue weighted by atomic mass is 10.1. The van der Waals surface area contributed by atoms with Crippen molar-refractivity contribution in [1.82, 2.24) is 9.97 Å². The summed E-state index contributed by atoms with van der Waals surface area (Å²) in [6, 6.07) is 22.8. The highest BCUT2D eigenvalue weighted by molar-refractivity contribution is 9.10. The van der Waals surface area contributed by atoms with Crippen molar-refractivity contribution < 1.29 is 10.0 Å². The van der Waals surface area contributed by atoms with Crippen LogP contribution in [-0.4, -0.2) is 26.2 Å². The van der Waals surface area contributed by atoms with E-state index in [-0.39, 0.29) is 17.0 Å². The Kier molecular flexibility index (Phi) is 6.18. The second kappa shape index (κ2) is 9.36. The van der Waals surface area contributed by atoms with Crippen molar-refractivity contribution in [2.24, 2.45) is 5.10 Å². The van der Waals surface area contributed by atoms with Crippen molar-refractivity contribution in [2.45, 2.75) is 0 Å². The standard InChI is InChI=1S/C23H16BrN5O3/c24-18-8-6-16(7-9-18)23-26-20(15-4-2-1-3-5-15)13-22(27-23)28-25-14-17-12-19(29(31)32)10-11-21(17)30/h1-14,30H,(H,26,27,28). The van der Waals surface area contributed by atoms with E-state index in [9.17, 15) is 15.2 Å². The van der Waals surface area contributed by atoms with Crippen LogP contribution in [0.25, 0.3) is 22.6 Å². The molecule has 3 aromatic carbocycles. The average molecular weight is 490 g/mol. The maximum Gasteiger partial charge on any atom is 0.270 e. The van der Waals surface area contributed by atoms with Crippen molar-refractivity contribution in [3.63, 3.8) is 0 Å². The molecule has 1 heterocycles. The molecule has 0 amide bonds. The number of aromatic hydroxyl groups is 1. The zero-order chi connectivity index (χ0) is 22.5. The number of nitrogens with one attached hydrogen (secondary N) is 1. The predicted octanol–water partition coefficient (Wildman–Crippen LogP) is 5.63. The van der Waals surface area contributed by atoms with Crippen molar-refractivity contribution in [3.05, 3.63) is 99.0 Å². The number of benzene rings is 3. The minimum absolute atomic E-state index is 0.121. The quantitative estimate of drug-likeness (QED) is 0.206. The van der Waals surface area contributed by atoms with Gasteiger partial charge < -0.3 is 5.11 Å². The molecule has 0 saturated heterocycles. The highest BCUT2D eigenvalue weighted by Gasteiger charge is 2.10. The van der Waals surface area contributed by atoms with Crippen molar-refractivity contribution in [2.75, 3.05) is 5.43 Å². The molecule has 0 unspecified atom stereocenters. The molecule has 0 spiro atoms. The summed E-state index contributed by atoms with van der Waals surface area (Å²) in [5, 5.41) is 25.0. The lowest BCUT2D eigenvalue weighted by molar-refractivity contribution is -0.384. The first-order valence-corrected chi connectivity index (χ1v) is 10.3. The van der Waals surface area contributed by atoms with Gasteiger partial charge >= 0.3 is 0 Å². The number of nitrogens with zero attached hydrogens (tertiary/aromatic N) is 4. The maximum absolute atomic E-state index is 11.0. The summed E-state index contributed by atoms with van der Waals surface area (Å²) < 4.78 is 0.945. The molecule has 0 saturated carbocycles. The molecule has 32 heavy (non-hydrogen) atoms. The van der Waals surface area contributed by atoms with Gasteiger partial charge in [-0.05, 0) is 18.2 Å². The van der Waals surface area contributed by atoms with Crippen LogP contribution in [0, 0.1) is 10.1 Å². The van der Waals surface area contributed by atoms with Gasteiger partial charge in [-0.3, -0.25) is 15.5 Å². The number of nitro benzene ring substituents is 1. The van der Waals surface area contributed by atoms with Gasteiger partial charge in [0.1, 0.15) is 5.75 Å². The molecule has 1 aromatic heterocycles. The number of non-ortho nitro benzene ring substituents is 1. The first kappa shape index (κ1) is 21.1. The summed E-state index contributed by atoms with van der Waals surface area (Å²) in [6.45, 7) is 0. The number of aromatic nitrogens is 2. The van der Waals surface area contributed by atoms with E-state index < -0.39 is 4.92 Å². The molecule has 0 radical (unpaired) electrons. The van der Waals surface area contributed by atoms with Crippen LogP contribution in [0.2, 0.25) is 0 Å². The van der Waals surface area contributed by atoms with Crippen molar-refractivity contribution in [3.8, 4) is 28.4 Å². The van der Waals surface area contributed by atoms with Gasteiger partial charge in [-0.15, -0.1) is 0 Å². The number of hydrogen-bond donors (Lipinski definition) is 2. The van der Waals surface area contributed by atoms with Gasteiger partial charge in [-0.25, -0.2) is 9.97 Å². The summed E-state index contributed by atoms with van der Waals surface area (Å²) in [4.78, 5) is 19.7. The van der Waals surface area contributed by atoms with Crippen molar-refractivity contribution in [1.29, 1.82) is 0 Å². The van der Waals surface area contributed by atoms with Gasteiger partial charge in [0.15, 0.2) is 11.6 Å². The zero-order valence-electron chi connectivity index (χ0n) is 16.5. The molecule has 4 aromatic rings. The van der Waals surface area contributed by atoms with E-state index in [0.29, 0.717) is 17.3 Å². The van der Waals surface area contributed by atoms with Crippen LogP contribution in [-0.2, 0) is 0 Å². The Morgan fingerprint density at radius 3 is 2.44 bits per heavy atom. The van der Waals surface area contributed by atoms with Gasteiger partial charge in [0, 0.05) is 39.4 Å². The molecule has 4 rings (SSSR count). The van der Waals surface area contributed by atoms with Crippen LogP contribution in [0.3, 0.4) is 0 Å². The fraction of sp³-hybridized carbons (Fsp3) is 0. The number of anilines is 1. The SMILES string of the molecule is O=[N+]([O-])c1ccc(O)c(C=NNc2cc(-c3ccccc3)nc(-c3ccc(Br)cc3)n2)c1. The molecule has 0 aliphatic carbocycles. The smallest absolute Gasteiger partial charge is 0.270 e. The topological polar surface area (TPSA) is 114 Å². The fourth-order valence-corrected chi connectivity index (χ4v) is 3.18. The summed E-state index contributed by atoms with van der Waals surface area (Å²) in [7, 11) is 0. The van der Waals surface area contributed by atoms with E-state index in [4.69, 9.17) is 0 Å². The summed E-state index contributed by atoms with van der Waals surface area (Å²) in [5.74, 6) is 0.817. The van der Waals surface area contributed by atoms with Crippen LogP contribution in [0.5, 0.6) is 5.75 Å². The molecule has 0 bridgehead atoms. The summed E-state index contributed by atoms with van der Waals surface area (Å²) in [5.41, 5.74) is 5.34. The van der Waals surface area contributed by atoms with Crippen LogP contribution < -0.4 is 5.43 Å². The largest absolute Gasteiger partial charge is 0.507 e. The Morgan fingerprint density at radius 1 is 0.969 bits per heavy atom. The number of hydrogen-bond acceptors (Lipinski definition) is 7. The number of phenolic OH excluding ortho intramolecular Hbond substituents is 1. The van der Waals surface area contributed by atoms with E-state index in [2.05, 4.69) is 36.4 Å². The monoisotopic (exact) mass is 489 g/mol. The number of phenols is 1. The first-order valence-electron chi connectivity index (χ1n) is 9.46. The Morgan fingerprint density at radius 2 is 1.72 bits per heavy atom. The number of hydrazone groups is 1. The molecular weight excluding hydrogens is 474 g/mol. The minimum atomic E-state index is -0.536. The van der Waals surface area contributed by atoms with Crippen LogP contribution in [0.15, 0.2) is 88.4 Å². The van der Waals surface area contributed by atoms with E-state index >= 15 is 0 Å². The predicted molar refractivity (Wildman–Crippen MR) is 127 cm³/mol. The highest BCUT2D eigenvalue weighted by atomic mass is 79.9. The molecule has 0 atom stereocenters. The normalized spacial score (nSPS) is 10.9. The van der Waals surface area contributed by atoms with Crippen LogP contribution >= 0.6 is 15.9 Å². The molecule has 2 N–H and O–H groups in total. The lowest BCUT2D eigenvalue weighted by Crippen LogP contribution is -1.99. The third kappa shape index (κ3) is 4.96. The Bertz CT molecular complexity index is 1300. The van der Waals surface area contributed by atoms with E-state index in [0.717, 1.165) is 15.6 Å². The molecule has 0 aliphatic rings. The molecule has 8 nitrogen and oxygen atoms in total. The summed E-state index contributed by atoms with van der Waals surface area (Å²) in [6.07, 6.45) is 1.30. The number of nitro groups is 1. The van der Waals surface area contributed by atoms with Gasteiger partial charge in [-0.1, -0.05) is 58.4 Å². The average Bonchev–Trinajstić information content (AvgIpc) is 2.81. The van der Waals surface area contributed by atoms with Gasteiger partial charge in [-0.2, -0.15) is 5.10 Å². The summed E-state index contributed by atoms with van der Waals surface area (Å²) >= 11 is 3.42. The second-order valence-corrected chi connectivity index (χ2v) is 7.62. The van der Waals surface area contributed by atoms with E-state index in [1.807, 2.05) is 54.6 Å². The van der Waals surface area contributed by atoms with Crippen LogP contribution in [0.1, 0.15) is 5.56 Å². The Balaban J connectivity index is 1.68. The Hall–Kier alpha value is -4.11. The minimum Gasteiger partial charge on any atom is -0.507 e. The lowest BCUT2D eigenvalue weighted by Gasteiger charge is -2.08. The molecular formula is C23H16BrN5O3. The zero-order valence-corrected chi connectivity index (χ0v) is 18.1. The number of rotatable bonds is 6. The maximum atomic E-state index is 11.0. The third-order valence-electron chi connectivity index (χ3n) is 4.50. The van der Waals surface area contributed by atoms with Gasteiger partial charge in [0.2, 0.25) is 0 Å². The number of halogens is 1. The van der Waals surface area contributed by atoms with Gasteiger partial charge in [0.25, 0.3) is 5.69 Å². The highest BCUT2D eigenvalue weighted by Crippen LogP contribution is 2.26. The fourth-order valence-electron chi connectivity index (χ4n) is 2.92. The van der Waals surface area contributed by atoms with E-state index in [1.165, 1.54) is 24.4 Å².